The minimum Gasteiger partial charge on any atom is -0.477 e. The number of aromatic carboxylic acids is 1. The molecule has 1 aliphatic rings. The van der Waals surface area contributed by atoms with Gasteiger partial charge in [0.15, 0.2) is 0 Å². The Morgan fingerprint density at radius 1 is 1.19 bits per heavy atom. The SMILES string of the molecule is C=P(OCC)(c1ccc(Cl)cc1Cl)N(CC1CCOCC1)c1cc(-c2ccc(C)cc2)sc1C(=O)O. The quantitative estimate of drug-likeness (QED) is 0.270. The number of ether oxygens (including phenoxy) is 1. The normalized spacial score (nSPS) is 16.0. The first-order valence-electron chi connectivity index (χ1n) is 11.9. The molecule has 1 atom stereocenters. The van der Waals surface area contributed by atoms with E-state index in [0.717, 1.165) is 34.2 Å². The maximum absolute atomic E-state index is 12.5. The molecule has 1 aromatic heterocycles. The Kier molecular flexibility index (Phi) is 8.87. The standard InChI is InChI=1S/C27H30Cl2NO4PS/c1-4-34-35(3,24-10-9-21(28)15-22(24)29)30(17-19-11-13-33-14-12-19)23-16-25(36-26(23)27(31)32)20-7-5-18(2)6-8-20/h5-10,15-16,19H,3-4,11-14,17H2,1-2H3,(H,31,32). The molecule has 1 saturated heterocycles. The molecule has 1 fully saturated rings. The molecule has 1 unspecified atom stereocenters. The summed E-state index contributed by atoms with van der Waals surface area (Å²) in [4.78, 5) is 13.7. The number of carboxylic acids is 1. The van der Waals surface area contributed by atoms with Crippen LogP contribution in [0.1, 0.15) is 35.0 Å². The van der Waals surface area contributed by atoms with Crippen LogP contribution in [0.15, 0.2) is 48.5 Å². The fourth-order valence-electron chi connectivity index (χ4n) is 4.41. The molecule has 0 aliphatic carbocycles. The summed E-state index contributed by atoms with van der Waals surface area (Å²) < 4.78 is 14.1. The van der Waals surface area contributed by atoms with Crippen molar-refractivity contribution in [2.24, 2.45) is 5.92 Å². The van der Waals surface area contributed by atoms with Crippen molar-refractivity contribution in [2.45, 2.75) is 26.7 Å². The number of hydrogen-bond acceptors (Lipinski definition) is 5. The maximum Gasteiger partial charge on any atom is 0.348 e. The Bertz CT molecular complexity index is 1270. The van der Waals surface area contributed by atoms with Gasteiger partial charge in [-0.25, -0.2) is 4.79 Å². The van der Waals surface area contributed by atoms with Gasteiger partial charge < -0.3 is 19.0 Å². The third kappa shape index (κ3) is 5.85. The number of benzene rings is 2. The number of aryl methyl sites for hydroxylation is 1. The second-order valence-corrected chi connectivity index (χ2v) is 13.4. The number of carbonyl (C=O) groups is 1. The van der Waals surface area contributed by atoms with Gasteiger partial charge in [0.1, 0.15) is 12.1 Å². The third-order valence-corrected chi connectivity index (χ3v) is 11.1. The van der Waals surface area contributed by atoms with Crippen LogP contribution in [0.5, 0.6) is 0 Å². The molecule has 0 bridgehead atoms. The van der Waals surface area contributed by atoms with Gasteiger partial charge in [0, 0.05) is 35.0 Å². The summed E-state index contributed by atoms with van der Waals surface area (Å²) in [6.07, 6.45) is 6.39. The van der Waals surface area contributed by atoms with E-state index in [1.165, 1.54) is 11.3 Å². The highest BCUT2D eigenvalue weighted by atomic mass is 35.5. The molecule has 1 N–H and O–H groups in total. The maximum atomic E-state index is 12.5. The summed E-state index contributed by atoms with van der Waals surface area (Å²) in [5.41, 5.74) is 2.73. The van der Waals surface area contributed by atoms with Crippen LogP contribution in [0.2, 0.25) is 10.0 Å². The van der Waals surface area contributed by atoms with E-state index in [2.05, 4.69) is 11.0 Å². The molecule has 36 heavy (non-hydrogen) atoms. The smallest absolute Gasteiger partial charge is 0.348 e. The number of rotatable bonds is 9. The van der Waals surface area contributed by atoms with Gasteiger partial charge >= 0.3 is 5.97 Å². The van der Waals surface area contributed by atoms with Crippen molar-refractivity contribution in [3.63, 3.8) is 0 Å². The van der Waals surface area contributed by atoms with Crippen LogP contribution in [0.4, 0.5) is 5.69 Å². The molecule has 0 saturated carbocycles. The van der Waals surface area contributed by atoms with E-state index in [4.69, 9.17) is 32.5 Å². The van der Waals surface area contributed by atoms with Gasteiger partial charge in [-0.05, 0) is 62.4 Å². The molecular formula is C27H30Cl2NO4PS. The Hall–Kier alpha value is -1.79. The summed E-state index contributed by atoms with van der Waals surface area (Å²) in [5.74, 6) is -0.675. The zero-order valence-electron chi connectivity index (χ0n) is 20.4. The van der Waals surface area contributed by atoms with Gasteiger partial charge in [0.25, 0.3) is 0 Å². The Morgan fingerprint density at radius 2 is 1.89 bits per heavy atom. The van der Waals surface area contributed by atoms with Crippen LogP contribution in [0.25, 0.3) is 10.4 Å². The number of anilines is 1. The van der Waals surface area contributed by atoms with Gasteiger partial charge in [-0.3, -0.25) is 0 Å². The van der Waals surface area contributed by atoms with E-state index in [0.29, 0.717) is 48.0 Å². The fourth-order valence-corrected chi connectivity index (χ4v) is 8.96. The van der Waals surface area contributed by atoms with Crippen molar-refractivity contribution in [3.05, 3.63) is 69.0 Å². The van der Waals surface area contributed by atoms with Crippen LogP contribution in [0, 0.1) is 12.8 Å². The van der Waals surface area contributed by atoms with Crippen LogP contribution in [-0.4, -0.2) is 43.7 Å². The van der Waals surface area contributed by atoms with Crippen LogP contribution >= 0.6 is 41.8 Å². The fraction of sp³-hybridized carbons (Fsp3) is 0.333. The number of carboxylic acid groups (broad SMARTS) is 1. The van der Waals surface area contributed by atoms with E-state index in [1.54, 1.807) is 12.1 Å². The van der Waals surface area contributed by atoms with E-state index < -0.39 is 13.2 Å². The monoisotopic (exact) mass is 565 g/mol. The Balaban J connectivity index is 1.90. The second-order valence-electron chi connectivity index (χ2n) is 8.85. The molecule has 2 heterocycles. The average molecular weight is 566 g/mol. The highest BCUT2D eigenvalue weighted by molar-refractivity contribution is 7.78. The zero-order chi connectivity index (χ0) is 25.9. The number of hydrogen-bond donors (Lipinski definition) is 1. The molecular weight excluding hydrogens is 536 g/mol. The first kappa shape index (κ1) is 27.3. The highest BCUT2D eigenvalue weighted by Gasteiger charge is 2.35. The molecule has 3 aromatic rings. The second kappa shape index (κ2) is 11.7. The molecule has 4 rings (SSSR count). The lowest BCUT2D eigenvalue weighted by atomic mass is 10.0. The Labute approximate surface area is 226 Å². The molecule has 5 nitrogen and oxygen atoms in total. The lowest BCUT2D eigenvalue weighted by Gasteiger charge is -2.41. The van der Waals surface area contributed by atoms with Crippen LogP contribution in [0.3, 0.4) is 0 Å². The lowest BCUT2D eigenvalue weighted by Crippen LogP contribution is -2.35. The van der Waals surface area contributed by atoms with Gasteiger partial charge in [0.2, 0.25) is 0 Å². The summed E-state index contributed by atoms with van der Waals surface area (Å²) >= 11 is 14.2. The van der Waals surface area contributed by atoms with E-state index in [-0.39, 0.29) is 4.88 Å². The van der Waals surface area contributed by atoms with Crippen molar-refractivity contribution in [3.8, 4) is 10.4 Å². The molecule has 0 radical (unpaired) electrons. The summed E-state index contributed by atoms with van der Waals surface area (Å²) in [6, 6.07) is 15.4. The van der Waals surface area contributed by atoms with Crippen molar-refractivity contribution < 1.29 is 19.2 Å². The van der Waals surface area contributed by atoms with Crippen molar-refractivity contribution >= 4 is 65.1 Å². The number of thiophene rings is 1. The molecule has 192 valence electrons. The first-order valence-corrected chi connectivity index (χ1v) is 15.3. The van der Waals surface area contributed by atoms with Gasteiger partial charge in [-0.15, -0.1) is 11.3 Å². The third-order valence-electron chi connectivity index (χ3n) is 6.31. The molecule has 0 spiro atoms. The van der Waals surface area contributed by atoms with Gasteiger partial charge in [0.05, 0.1) is 17.3 Å². The number of nitrogens with zero attached hydrogens (tertiary/aromatic N) is 1. The lowest BCUT2D eigenvalue weighted by molar-refractivity contribution is 0.0684. The highest BCUT2D eigenvalue weighted by Crippen LogP contribution is 2.56. The average Bonchev–Trinajstić information content (AvgIpc) is 3.29. The molecule has 2 aromatic carbocycles. The van der Waals surface area contributed by atoms with E-state index in [1.807, 2.05) is 50.2 Å². The van der Waals surface area contributed by atoms with Gasteiger partial charge in [-0.1, -0.05) is 59.3 Å². The van der Waals surface area contributed by atoms with E-state index >= 15 is 0 Å². The zero-order valence-corrected chi connectivity index (χ0v) is 23.6. The largest absolute Gasteiger partial charge is 0.477 e. The minimum absolute atomic E-state index is 0.260. The number of halogens is 2. The Morgan fingerprint density at radius 3 is 2.50 bits per heavy atom. The predicted molar refractivity (Wildman–Crippen MR) is 154 cm³/mol. The van der Waals surface area contributed by atoms with Crippen molar-refractivity contribution in [1.29, 1.82) is 0 Å². The van der Waals surface area contributed by atoms with Crippen molar-refractivity contribution in [2.75, 3.05) is 31.0 Å². The van der Waals surface area contributed by atoms with Crippen LogP contribution < -0.4 is 9.97 Å². The predicted octanol–water partition coefficient (Wildman–Crippen LogP) is 7.60. The van der Waals surface area contributed by atoms with Crippen molar-refractivity contribution in [1.82, 2.24) is 0 Å². The summed E-state index contributed by atoms with van der Waals surface area (Å²) in [5, 5.41) is 12.0. The summed E-state index contributed by atoms with van der Waals surface area (Å²) in [7, 11) is -2.84. The summed E-state index contributed by atoms with van der Waals surface area (Å²) in [6.45, 7) is 6.30. The van der Waals surface area contributed by atoms with E-state index in [9.17, 15) is 9.90 Å². The van der Waals surface area contributed by atoms with Gasteiger partial charge in [-0.2, -0.15) is 0 Å². The van der Waals surface area contributed by atoms with Crippen LogP contribution in [-0.2, 0) is 9.26 Å². The molecule has 9 heteroatoms. The molecule has 0 amide bonds. The molecule has 1 aliphatic heterocycles. The first-order chi connectivity index (χ1) is 17.2. The topological polar surface area (TPSA) is 59.0 Å². The minimum atomic E-state index is -2.84.